The molecule has 0 bridgehead atoms. The summed E-state index contributed by atoms with van der Waals surface area (Å²) in [5.74, 6) is 0. The fourth-order valence-corrected chi connectivity index (χ4v) is 2.01. The van der Waals surface area contributed by atoms with Gasteiger partial charge in [0.05, 0.1) is 0 Å². The van der Waals surface area contributed by atoms with Crippen LogP contribution in [0.3, 0.4) is 0 Å². The largest absolute Gasteiger partial charge is 0.390 e. The fraction of sp³-hybridized carbons (Fsp3) is 0.273. The van der Waals surface area contributed by atoms with Crippen LogP contribution in [0.4, 0.5) is 12.0 Å². The van der Waals surface area contributed by atoms with Crippen LogP contribution in [0.25, 0.3) is 0 Å². The molecular weight excluding hydrogens is 204 g/mol. The number of anilines is 2. The Bertz CT molecular complexity index is 508. The molecule has 0 aliphatic carbocycles. The standard InChI is InChI=1S/C11H12N4O/c12-10-13-14-11(16-10)15-6-5-8-3-1-2-4-9(8)7-15/h1-4H,5-7H2,(H2,12,13). The molecule has 0 spiro atoms. The molecule has 1 aliphatic heterocycles. The Hall–Kier alpha value is -2.04. The third kappa shape index (κ3) is 1.50. The van der Waals surface area contributed by atoms with Gasteiger partial charge in [-0.1, -0.05) is 34.5 Å². The average Bonchev–Trinajstić information content (AvgIpc) is 2.75. The van der Waals surface area contributed by atoms with Crippen LogP contribution in [0.2, 0.25) is 0 Å². The van der Waals surface area contributed by atoms with Gasteiger partial charge in [-0.15, -0.1) is 0 Å². The molecule has 5 nitrogen and oxygen atoms in total. The van der Waals surface area contributed by atoms with Gasteiger partial charge < -0.3 is 15.1 Å². The number of rotatable bonds is 1. The van der Waals surface area contributed by atoms with Gasteiger partial charge in [0.15, 0.2) is 0 Å². The van der Waals surface area contributed by atoms with Crippen LogP contribution in [0, 0.1) is 0 Å². The highest BCUT2D eigenvalue weighted by Gasteiger charge is 2.19. The van der Waals surface area contributed by atoms with Crippen LogP contribution in [-0.2, 0) is 13.0 Å². The van der Waals surface area contributed by atoms with Gasteiger partial charge in [0, 0.05) is 13.1 Å². The lowest BCUT2D eigenvalue weighted by molar-refractivity contribution is 0.537. The minimum atomic E-state index is 0.119. The number of fused-ring (bicyclic) bond motifs is 1. The first-order chi connectivity index (χ1) is 7.83. The molecule has 0 fully saturated rings. The lowest BCUT2D eigenvalue weighted by Crippen LogP contribution is -2.30. The van der Waals surface area contributed by atoms with E-state index in [4.69, 9.17) is 10.2 Å². The topological polar surface area (TPSA) is 68.2 Å². The Labute approximate surface area is 92.9 Å². The van der Waals surface area contributed by atoms with E-state index < -0.39 is 0 Å². The van der Waals surface area contributed by atoms with Crippen molar-refractivity contribution in [2.75, 3.05) is 17.2 Å². The van der Waals surface area contributed by atoms with Crippen LogP contribution in [0.5, 0.6) is 0 Å². The van der Waals surface area contributed by atoms with Gasteiger partial charge in [-0.25, -0.2) is 0 Å². The zero-order valence-corrected chi connectivity index (χ0v) is 8.76. The first-order valence-corrected chi connectivity index (χ1v) is 5.23. The molecular formula is C11H12N4O. The van der Waals surface area contributed by atoms with E-state index in [1.54, 1.807) is 0 Å². The predicted molar refractivity (Wildman–Crippen MR) is 59.9 cm³/mol. The summed E-state index contributed by atoms with van der Waals surface area (Å²) in [4.78, 5) is 2.05. The lowest BCUT2D eigenvalue weighted by Gasteiger charge is -2.26. The number of nitrogens with two attached hydrogens (primary N) is 1. The van der Waals surface area contributed by atoms with Crippen molar-refractivity contribution in [3.05, 3.63) is 35.4 Å². The number of nitrogen functional groups attached to an aromatic ring is 1. The van der Waals surface area contributed by atoms with Gasteiger partial charge in [-0.05, 0) is 17.5 Å². The van der Waals surface area contributed by atoms with E-state index in [9.17, 15) is 0 Å². The normalized spacial score (nSPS) is 14.9. The number of hydrogen-bond acceptors (Lipinski definition) is 5. The molecule has 0 radical (unpaired) electrons. The molecule has 0 saturated heterocycles. The molecule has 0 unspecified atom stereocenters. The second-order valence-electron chi connectivity index (χ2n) is 3.86. The monoisotopic (exact) mass is 216 g/mol. The van der Waals surface area contributed by atoms with Gasteiger partial charge in [-0.2, -0.15) is 0 Å². The zero-order valence-electron chi connectivity index (χ0n) is 8.76. The molecule has 3 rings (SSSR count). The van der Waals surface area contributed by atoms with Crippen LogP contribution in [0.15, 0.2) is 28.7 Å². The van der Waals surface area contributed by atoms with Crippen LogP contribution < -0.4 is 10.6 Å². The molecule has 5 heteroatoms. The lowest BCUT2D eigenvalue weighted by atomic mass is 10.0. The van der Waals surface area contributed by atoms with Crippen LogP contribution in [0.1, 0.15) is 11.1 Å². The summed E-state index contributed by atoms with van der Waals surface area (Å²) in [6, 6.07) is 9.03. The van der Waals surface area contributed by atoms with Gasteiger partial charge in [0.1, 0.15) is 0 Å². The second-order valence-corrected chi connectivity index (χ2v) is 3.86. The number of aromatic nitrogens is 2. The second kappa shape index (κ2) is 3.52. The van der Waals surface area contributed by atoms with Crippen molar-refractivity contribution in [2.45, 2.75) is 13.0 Å². The van der Waals surface area contributed by atoms with Crippen molar-refractivity contribution in [3.63, 3.8) is 0 Å². The maximum absolute atomic E-state index is 5.41. The summed E-state index contributed by atoms with van der Waals surface area (Å²) in [5, 5.41) is 7.56. The van der Waals surface area contributed by atoms with Gasteiger partial charge >= 0.3 is 12.0 Å². The first-order valence-electron chi connectivity index (χ1n) is 5.23. The van der Waals surface area contributed by atoms with Crippen LogP contribution >= 0.6 is 0 Å². The first kappa shape index (κ1) is 9.21. The maximum atomic E-state index is 5.41. The molecule has 82 valence electrons. The van der Waals surface area contributed by atoms with Gasteiger partial charge in [0.2, 0.25) is 0 Å². The summed E-state index contributed by atoms with van der Waals surface area (Å²) in [6.07, 6.45) is 0.998. The zero-order chi connectivity index (χ0) is 11.0. The van der Waals surface area contributed by atoms with Crippen molar-refractivity contribution in [1.82, 2.24) is 10.2 Å². The Kier molecular flexibility index (Phi) is 2.02. The molecule has 1 aliphatic rings. The molecule has 2 N–H and O–H groups in total. The Morgan fingerprint density at radius 2 is 2.00 bits per heavy atom. The molecule has 16 heavy (non-hydrogen) atoms. The minimum absolute atomic E-state index is 0.119. The third-order valence-electron chi connectivity index (χ3n) is 2.83. The van der Waals surface area contributed by atoms with Crippen molar-refractivity contribution < 1.29 is 4.42 Å². The quantitative estimate of drug-likeness (QED) is 0.776. The van der Waals surface area contributed by atoms with Crippen molar-refractivity contribution >= 4 is 12.0 Å². The fourth-order valence-electron chi connectivity index (χ4n) is 2.01. The highest BCUT2D eigenvalue weighted by atomic mass is 16.4. The highest BCUT2D eigenvalue weighted by Crippen LogP contribution is 2.23. The molecule has 0 amide bonds. The van der Waals surface area contributed by atoms with E-state index in [1.807, 2.05) is 11.0 Å². The summed E-state index contributed by atoms with van der Waals surface area (Å²) in [5.41, 5.74) is 8.12. The third-order valence-corrected chi connectivity index (χ3v) is 2.83. The molecule has 0 saturated carbocycles. The Balaban J connectivity index is 1.88. The predicted octanol–water partition coefficient (Wildman–Crippen LogP) is 1.21. The van der Waals surface area contributed by atoms with E-state index in [0.29, 0.717) is 6.01 Å². The van der Waals surface area contributed by atoms with Gasteiger partial charge in [-0.3, -0.25) is 0 Å². The number of hydrogen-bond donors (Lipinski definition) is 1. The van der Waals surface area contributed by atoms with Crippen molar-refractivity contribution in [3.8, 4) is 0 Å². The molecule has 1 aromatic carbocycles. The summed E-state index contributed by atoms with van der Waals surface area (Å²) < 4.78 is 5.22. The summed E-state index contributed by atoms with van der Waals surface area (Å²) >= 11 is 0. The van der Waals surface area contributed by atoms with Crippen molar-refractivity contribution in [1.29, 1.82) is 0 Å². The van der Waals surface area contributed by atoms with Crippen molar-refractivity contribution in [2.24, 2.45) is 0 Å². The molecule has 0 atom stereocenters. The number of nitrogens with zero attached hydrogens (tertiary/aromatic N) is 3. The van der Waals surface area contributed by atoms with Crippen LogP contribution in [-0.4, -0.2) is 16.7 Å². The SMILES string of the molecule is Nc1nnc(N2CCc3ccccc3C2)o1. The van der Waals surface area contributed by atoms with E-state index in [2.05, 4.69) is 28.4 Å². The average molecular weight is 216 g/mol. The highest BCUT2D eigenvalue weighted by molar-refractivity contribution is 5.38. The Morgan fingerprint density at radius 3 is 2.75 bits per heavy atom. The number of benzene rings is 1. The molecule has 1 aromatic heterocycles. The Morgan fingerprint density at radius 1 is 1.19 bits per heavy atom. The summed E-state index contributed by atoms with van der Waals surface area (Å²) in [7, 11) is 0. The summed E-state index contributed by atoms with van der Waals surface area (Å²) in [6.45, 7) is 1.69. The minimum Gasteiger partial charge on any atom is -0.390 e. The smallest absolute Gasteiger partial charge is 0.319 e. The van der Waals surface area contributed by atoms with E-state index >= 15 is 0 Å². The maximum Gasteiger partial charge on any atom is 0.319 e. The van der Waals surface area contributed by atoms with E-state index in [-0.39, 0.29) is 6.01 Å². The van der Waals surface area contributed by atoms with Gasteiger partial charge in [0.25, 0.3) is 0 Å². The molecule has 2 heterocycles. The van der Waals surface area contributed by atoms with E-state index in [0.717, 1.165) is 19.5 Å². The molecule has 2 aromatic rings. The van der Waals surface area contributed by atoms with E-state index in [1.165, 1.54) is 11.1 Å².